The van der Waals surface area contributed by atoms with Crippen molar-refractivity contribution in [1.29, 1.82) is 0 Å². The van der Waals surface area contributed by atoms with Crippen molar-refractivity contribution in [3.8, 4) is 11.1 Å². The summed E-state index contributed by atoms with van der Waals surface area (Å²) in [5, 5.41) is 0. The van der Waals surface area contributed by atoms with Gasteiger partial charge in [0.15, 0.2) is 0 Å². The Labute approximate surface area is 156 Å². The Bertz CT molecular complexity index is 899. The second-order valence-corrected chi connectivity index (χ2v) is 7.71. The highest BCUT2D eigenvalue weighted by Crippen LogP contribution is 2.31. The smallest absolute Gasteiger partial charge is 0.330 e. The van der Waals surface area contributed by atoms with Crippen molar-refractivity contribution in [2.45, 2.75) is 31.8 Å². The highest BCUT2D eigenvalue weighted by Gasteiger charge is 2.41. The largest absolute Gasteiger partial charge is 0.427 e. The molecule has 3 aromatic carbocycles. The van der Waals surface area contributed by atoms with Crippen LogP contribution in [-0.4, -0.2) is 12.5 Å². The summed E-state index contributed by atoms with van der Waals surface area (Å²) in [5.41, 5.74) is 12.4. The molecule has 1 fully saturated rings. The van der Waals surface area contributed by atoms with Crippen molar-refractivity contribution >= 4 is 12.4 Å². The van der Waals surface area contributed by atoms with Crippen LogP contribution >= 0.6 is 0 Å². The van der Waals surface area contributed by atoms with Gasteiger partial charge in [-0.1, -0.05) is 72.8 Å². The molecule has 0 amide bonds. The molecule has 1 aliphatic heterocycles. The Kier molecular flexibility index (Phi) is 4.43. The molecule has 1 atom stereocenters. The molecule has 4 rings (SSSR count). The molecule has 0 aliphatic carbocycles. The van der Waals surface area contributed by atoms with Crippen LogP contribution in [0.1, 0.15) is 31.0 Å². The lowest BCUT2D eigenvalue weighted by atomic mass is 9.48. The van der Waals surface area contributed by atoms with Crippen LogP contribution in [0.4, 0.5) is 0 Å². The number of hydrogen-bond donors (Lipinski definition) is 1. The SMILES string of the molecule is CC1(C)CB(c2cccc(-c3cccc(C(N)c4ccccc4)c3)c2)O1. The van der Waals surface area contributed by atoms with Gasteiger partial charge in [0.2, 0.25) is 0 Å². The zero-order valence-corrected chi connectivity index (χ0v) is 15.4. The molecule has 2 nitrogen and oxygen atoms in total. The topological polar surface area (TPSA) is 35.2 Å². The Morgan fingerprint density at radius 2 is 1.46 bits per heavy atom. The lowest BCUT2D eigenvalue weighted by molar-refractivity contribution is 0.0742. The molecule has 0 radical (unpaired) electrons. The second-order valence-electron chi connectivity index (χ2n) is 7.71. The minimum Gasteiger partial charge on any atom is -0.427 e. The number of benzene rings is 3. The van der Waals surface area contributed by atoms with E-state index in [2.05, 4.69) is 74.5 Å². The first-order valence-electron chi connectivity index (χ1n) is 9.20. The molecule has 0 aromatic heterocycles. The first kappa shape index (κ1) is 17.1. The van der Waals surface area contributed by atoms with Crippen molar-refractivity contribution in [3.05, 3.63) is 90.0 Å². The molecule has 3 heteroatoms. The van der Waals surface area contributed by atoms with Crippen molar-refractivity contribution in [1.82, 2.24) is 0 Å². The van der Waals surface area contributed by atoms with E-state index in [0.717, 1.165) is 17.4 Å². The van der Waals surface area contributed by atoms with Gasteiger partial charge >= 0.3 is 6.92 Å². The van der Waals surface area contributed by atoms with E-state index in [-0.39, 0.29) is 18.6 Å². The van der Waals surface area contributed by atoms with Gasteiger partial charge in [-0.3, -0.25) is 0 Å². The summed E-state index contributed by atoms with van der Waals surface area (Å²) in [6, 6.07) is 27.3. The van der Waals surface area contributed by atoms with Gasteiger partial charge in [-0.15, -0.1) is 0 Å². The van der Waals surface area contributed by atoms with Crippen LogP contribution in [0.2, 0.25) is 6.32 Å². The Balaban J connectivity index is 1.61. The monoisotopic (exact) mass is 341 g/mol. The fourth-order valence-corrected chi connectivity index (χ4v) is 3.69. The molecule has 3 aromatic rings. The zero-order valence-electron chi connectivity index (χ0n) is 15.4. The van der Waals surface area contributed by atoms with Crippen LogP contribution in [0.15, 0.2) is 78.9 Å². The van der Waals surface area contributed by atoms with Crippen molar-refractivity contribution in [3.63, 3.8) is 0 Å². The molecule has 0 saturated carbocycles. The maximum Gasteiger partial charge on any atom is 0.330 e. The summed E-state index contributed by atoms with van der Waals surface area (Å²) in [6.45, 7) is 4.49. The molecule has 1 saturated heterocycles. The fraction of sp³-hybridized carbons (Fsp3) is 0.217. The zero-order chi connectivity index (χ0) is 18.1. The average molecular weight is 341 g/mol. The van der Waals surface area contributed by atoms with Gasteiger partial charge in [0.1, 0.15) is 0 Å². The van der Waals surface area contributed by atoms with Crippen LogP contribution in [0.5, 0.6) is 0 Å². The van der Waals surface area contributed by atoms with Gasteiger partial charge in [-0.25, -0.2) is 0 Å². The molecular formula is C23H24BNO. The minimum absolute atomic E-state index is 0.00302. The highest BCUT2D eigenvalue weighted by molar-refractivity contribution is 6.70. The summed E-state index contributed by atoms with van der Waals surface area (Å²) in [6.07, 6.45) is 1.06. The van der Waals surface area contributed by atoms with Crippen molar-refractivity contribution in [2.24, 2.45) is 5.73 Å². The fourth-order valence-electron chi connectivity index (χ4n) is 3.69. The van der Waals surface area contributed by atoms with Crippen LogP contribution < -0.4 is 11.2 Å². The van der Waals surface area contributed by atoms with E-state index in [9.17, 15) is 0 Å². The second kappa shape index (κ2) is 6.75. The molecule has 0 bridgehead atoms. The molecule has 130 valence electrons. The van der Waals surface area contributed by atoms with Gasteiger partial charge in [0.05, 0.1) is 6.04 Å². The predicted octanol–water partition coefficient (Wildman–Crippen LogP) is 4.41. The molecule has 1 aliphatic rings. The normalized spacial score (nSPS) is 16.8. The number of hydrogen-bond acceptors (Lipinski definition) is 2. The summed E-state index contributed by atoms with van der Waals surface area (Å²) in [4.78, 5) is 0. The maximum atomic E-state index is 6.48. The number of rotatable bonds is 4. The third kappa shape index (κ3) is 3.46. The van der Waals surface area contributed by atoms with E-state index >= 15 is 0 Å². The molecule has 1 unspecified atom stereocenters. The van der Waals surface area contributed by atoms with Gasteiger partial charge in [0.25, 0.3) is 0 Å². The Morgan fingerprint density at radius 3 is 2.15 bits per heavy atom. The standard InChI is InChI=1S/C23H24BNO/c1-23(2)16-24(26-23)21-13-7-11-19(15-21)18-10-6-12-20(14-18)22(25)17-8-4-3-5-9-17/h3-15,22H,16,25H2,1-2H3. The van der Waals surface area contributed by atoms with E-state index in [1.807, 2.05) is 18.2 Å². The van der Waals surface area contributed by atoms with Crippen molar-refractivity contribution in [2.75, 3.05) is 0 Å². The molecule has 0 spiro atoms. The van der Waals surface area contributed by atoms with Crippen LogP contribution in [-0.2, 0) is 4.65 Å². The molecular weight excluding hydrogens is 317 g/mol. The molecule has 1 heterocycles. The summed E-state index contributed by atoms with van der Waals surface area (Å²) >= 11 is 0. The van der Waals surface area contributed by atoms with E-state index in [4.69, 9.17) is 10.4 Å². The molecule has 2 N–H and O–H groups in total. The average Bonchev–Trinajstić information content (AvgIpc) is 2.66. The summed E-state index contributed by atoms with van der Waals surface area (Å²) in [5.74, 6) is 0. The quantitative estimate of drug-likeness (QED) is 0.714. The third-order valence-corrected chi connectivity index (χ3v) is 5.13. The molecule has 26 heavy (non-hydrogen) atoms. The van der Waals surface area contributed by atoms with Crippen LogP contribution in [0.3, 0.4) is 0 Å². The van der Waals surface area contributed by atoms with Crippen molar-refractivity contribution < 1.29 is 4.65 Å². The highest BCUT2D eigenvalue weighted by atomic mass is 16.5. The first-order chi connectivity index (χ1) is 12.5. The summed E-state index contributed by atoms with van der Waals surface area (Å²) < 4.78 is 6.00. The van der Waals surface area contributed by atoms with Crippen LogP contribution in [0.25, 0.3) is 11.1 Å². The van der Waals surface area contributed by atoms with Gasteiger partial charge in [-0.05, 0) is 54.0 Å². The maximum absolute atomic E-state index is 6.48. The number of nitrogens with two attached hydrogens (primary N) is 1. The lowest BCUT2D eigenvalue weighted by Gasteiger charge is -2.41. The predicted molar refractivity (Wildman–Crippen MR) is 110 cm³/mol. The third-order valence-electron chi connectivity index (χ3n) is 5.13. The van der Waals surface area contributed by atoms with E-state index in [1.165, 1.54) is 16.6 Å². The lowest BCUT2D eigenvalue weighted by Crippen LogP contribution is -2.54. The first-order valence-corrected chi connectivity index (χ1v) is 9.20. The Morgan fingerprint density at radius 1 is 0.846 bits per heavy atom. The van der Waals surface area contributed by atoms with Gasteiger partial charge < -0.3 is 10.4 Å². The Hall–Kier alpha value is -2.36. The van der Waals surface area contributed by atoms with Gasteiger partial charge in [0, 0.05) is 5.60 Å². The van der Waals surface area contributed by atoms with E-state index in [0.29, 0.717) is 0 Å². The van der Waals surface area contributed by atoms with E-state index < -0.39 is 0 Å². The van der Waals surface area contributed by atoms with E-state index in [1.54, 1.807) is 0 Å². The van der Waals surface area contributed by atoms with Gasteiger partial charge in [-0.2, -0.15) is 0 Å². The minimum atomic E-state index is -0.116. The van der Waals surface area contributed by atoms with Crippen LogP contribution in [0, 0.1) is 0 Å². The summed E-state index contributed by atoms with van der Waals surface area (Å²) in [7, 11) is 0.